The number of nitrogens with one attached hydrogen (secondary N) is 1. The van der Waals surface area contributed by atoms with Crippen LogP contribution < -0.4 is 20.4 Å². The second kappa shape index (κ2) is 8.04. The predicted molar refractivity (Wildman–Crippen MR) is 110 cm³/mol. The number of carbonyl (C=O) groups excluding carboxylic acids is 2. The van der Waals surface area contributed by atoms with Crippen LogP contribution in [0.5, 0.6) is 11.5 Å². The van der Waals surface area contributed by atoms with E-state index in [9.17, 15) is 14.4 Å². The first-order valence-corrected chi connectivity index (χ1v) is 9.53. The SMILES string of the molecule is COc1cc(OC)c2c(C)c(CC(=O)Nc3nc(C)c(C(C)=O)s3)c(=O)oc2c1. The maximum absolute atomic E-state index is 12.5. The monoisotopic (exact) mass is 416 g/mol. The van der Waals surface area contributed by atoms with Gasteiger partial charge >= 0.3 is 5.63 Å². The van der Waals surface area contributed by atoms with Crippen LogP contribution in [0.15, 0.2) is 21.3 Å². The van der Waals surface area contributed by atoms with Gasteiger partial charge in [0.25, 0.3) is 0 Å². The Kier molecular flexibility index (Phi) is 5.69. The highest BCUT2D eigenvalue weighted by atomic mass is 32.1. The van der Waals surface area contributed by atoms with E-state index in [-0.39, 0.29) is 17.8 Å². The van der Waals surface area contributed by atoms with E-state index in [0.717, 1.165) is 11.3 Å². The summed E-state index contributed by atoms with van der Waals surface area (Å²) in [6.45, 7) is 4.88. The van der Waals surface area contributed by atoms with E-state index in [1.165, 1.54) is 21.1 Å². The number of rotatable bonds is 6. The number of benzene rings is 1. The molecule has 1 amide bonds. The van der Waals surface area contributed by atoms with Crippen LogP contribution in [0.3, 0.4) is 0 Å². The van der Waals surface area contributed by atoms with Crippen LogP contribution in [0.25, 0.3) is 11.0 Å². The summed E-state index contributed by atoms with van der Waals surface area (Å²) in [5.41, 5.74) is 1.07. The lowest BCUT2D eigenvalue weighted by molar-refractivity contribution is -0.115. The molecular formula is C20H20N2O6S. The summed E-state index contributed by atoms with van der Waals surface area (Å²) in [7, 11) is 3.00. The van der Waals surface area contributed by atoms with Crippen molar-refractivity contribution in [3.8, 4) is 11.5 Å². The minimum absolute atomic E-state index is 0.117. The van der Waals surface area contributed by atoms with Gasteiger partial charge in [0.1, 0.15) is 17.1 Å². The van der Waals surface area contributed by atoms with Crippen molar-refractivity contribution in [2.75, 3.05) is 19.5 Å². The number of ketones is 1. The van der Waals surface area contributed by atoms with Crippen molar-refractivity contribution in [2.24, 2.45) is 0 Å². The minimum Gasteiger partial charge on any atom is -0.496 e. The Bertz CT molecular complexity index is 1180. The zero-order valence-electron chi connectivity index (χ0n) is 16.7. The fourth-order valence-electron chi connectivity index (χ4n) is 3.07. The molecule has 0 bridgehead atoms. The molecule has 0 aliphatic carbocycles. The number of anilines is 1. The molecule has 1 N–H and O–H groups in total. The Morgan fingerprint density at radius 1 is 1.21 bits per heavy atom. The van der Waals surface area contributed by atoms with Crippen molar-refractivity contribution in [1.82, 2.24) is 4.98 Å². The molecule has 152 valence electrons. The number of Topliss-reactive ketones (excluding diaryl/α,β-unsaturated/α-hetero) is 1. The summed E-state index contributed by atoms with van der Waals surface area (Å²) in [5, 5.41) is 3.55. The highest BCUT2D eigenvalue weighted by Gasteiger charge is 2.20. The van der Waals surface area contributed by atoms with Gasteiger partial charge in [-0.05, 0) is 19.4 Å². The summed E-state index contributed by atoms with van der Waals surface area (Å²) in [6, 6.07) is 3.28. The van der Waals surface area contributed by atoms with Crippen molar-refractivity contribution < 1.29 is 23.5 Å². The Balaban J connectivity index is 1.95. The Morgan fingerprint density at radius 2 is 1.93 bits per heavy atom. The van der Waals surface area contributed by atoms with Crippen LogP contribution in [0.2, 0.25) is 0 Å². The fraction of sp³-hybridized carbons (Fsp3) is 0.300. The molecular weight excluding hydrogens is 396 g/mol. The molecule has 2 heterocycles. The van der Waals surface area contributed by atoms with Gasteiger partial charge in [0, 0.05) is 19.1 Å². The predicted octanol–water partition coefficient (Wildman–Crippen LogP) is 3.27. The molecule has 0 aliphatic heterocycles. The topological polar surface area (TPSA) is 108 Å². The molecule has 0 saturated carbocycles. The van der Waals surface area contributed by atoms with Crippen LogP contribution in [-0.4, -0.2) is 30.9 Å². The lowest BCUT2D eigenvalue weighted by atomic mass is 10.0. The van der Waals surface area contributed by atoms with Crippen molar-refractivity contribution >= 4 is 39.1 Å². The van der Waals surface area contributed by atoms with E-state index < -0.39 is 11.5 Å². The van der Waals surface area contributed by atoms with Crippen LogP contribution in [0.1, 0.15) is 33.4 Å². The van der Waals surface area contributed by atoms with E-state index in [4.69, 9.17) is 13.9 Å². The first-order chi connectivity index (χ1) is 13.7. The van der Waals surface area contributed by atoms with Gasteiger partial charge in [-0.2, -0.15) is 0 Å². The molecule has 3 rings (SSSR count). The van der Waals surface area contributed by atoms with Gasteiger partial charge in [0.05, 0.1) is 42.2 Å². The summed E-state index contributed by atoms with van der Waals surface area (Å²) >= 11 is 1.10. The zero-order chi connectivity index (χ0) is 21.3. The number of aryl methyl sites for hydroxylation is 2. The molecule has 0 saturated heterocycles. The number of fused-ring (bicyclic) bond motifs is 1. The van der Waals surface area contributed by atoms with Crippen molar-refractivity contribution in [3.05, 3.63) is 44.3 Å². The van der Waals surface area contributed by atoms with Gasteiger partial charge < -0.3 is 19.2 Å². The number of nitrogens with zero attached hydrogens (tertiary/aromatic N) is 1. The molecule has 0 aliphatic rings. The van der Waals surface area contributed by atoms with Crippen molar-refractivity contribution in [1.29, 1.82) is 0 Å². The number of thiazole rings is 1. The molecule has 3 aromatic rings. The normalized spacial score (nSPS) is 10.8. The maximum Gasteiger partial charge on any atom is 0.340 e. The molecule has 0 radical (unpaired) electrons. The third kappa shape index (κ3) is 4.00. The van der Waals surface area contributed by atoms with Gasteiger partial charge in [-0.25, -0.2) is 9.78 Å². The number of ether oxygens (including phenoxy) is 2. The third-order valence-electron chi connectivity index (χ3n) is 4.47. The summed E-state index contributed by atoms with van der Waals surface area (Å²) in [5.74, 6) is 0.414. The summed E-state index contributed by atoms with van der Waals surface area (Å²) < 4.78 is 16.0. The van der Waals surface area contributed by atoms with Crippen molar-refractivity contribution in [2.45, 2.75) is 27.2 Å². The maximum atomic E-state index is 12.5. The van der Waals surface area contributed by atoms with Crippen LogP contribution >= 0.6 is 11.3 Å². The first-order valence-electron chi connectivity index (χ1n) is 8.71. The quantitative estimate of drug-likeness (QED) is 0.485. The average molecular weight is 416 g/mol. The van der Waals surface area contributed by atoms with Gasteiger partial charge in [-0.3, -0.25) is 9.59 Å². The second-order valence-corrected chi connectivity index (χ2v) is 7.41. The summed E-state index contributed by atoms with van der Waals surface area (Å²) in [4.78, 5) is 41.2. The Morgan fingerprint density at radius 3 is 2.52 bits per heavy atom. The molecule has 0 fully saturated rings. The van der Waals surface area contributed by atoms with Gasteiger partial charge in [-0.1, -0.05) is 11.3 Å². The van der Waals surface area contributed by atoms with Gasteiger partial charge in [-0.15, -0.1) is 0 Å². The van der Waals surface area contributed by atoms with E-state index in [1.54, 1.807) is 26.0 Å². The number of hydrogen-bond donors (Lipinski definition) is 1. The first kappa shape index (κ1) is 20.5. The lowest BCUT2D eigenvalue weighted by Gasteiger charge is -2.12. The largest absolute Gasteiger partial charge is 0.496 e. The van der Waals surface area contributed by atoms with Gasteiger partial charge in [0.2, 0.25) is 5.91 Å². The number of amides is 1. The minimum atomic E-state index is -0.611. The molecule has 8 nitrogen and oxygen atoms in total. The number of hydrogen-bond acceptors (Lipinski definition) is 8. The highest BCUT2D eigenvalue weighted by molar-refractivity contribution is 7.17. The van der Waals surface area contributed by atoms with E-state index in [0.29, 0.717) is 43.7 Å². The smallest absolute Gasteiger partial charge is 0.340 e. The third-order valence-corrected chi connectivity index (χ3v) is 5.65. The lowest BCUT2D eigenvalue weighted by Crippen LogP contribution is -2.20. The van der Waals surface area contributed by atoms with E-state index >= 15 is 0 Å². The molecule has 0 unspecified atom stereocenters. The molecule has 9 heteroatoms. The van der Waals surface area contributed by atoms with Crippen molar-refractivity contribution in [3.63, 3.8) is 0 Å². The molecule has 2 aromatic heterocycles. The van der Waals surface area contributed by atoms with Gasteiger partial charge in [0.15, 0.2) is 10.9 Å². The fourth-order valence-corrected chi connectivity index (χ4v) is 3.94. The van der Waals surface area contributed by atoms with Crippen LogP contribution in [-0.2, 0) is 11.2 Å². The van der Waals surface area contributed by atoms with E-state index in [1.807, 2.05) is 0 Å². The number of aromatic nitrogens is 1. The second-order valence-electron chi connectivity index (χ2n) is 6.41. The molecule has 0 spiro atoms. The van der Waals surface area contributed by atoms with Crippen LogP contribution in [0, 0.1) is 13.8 Å². The molecule has 29 heavy (non-hydrogen) atoms. The number of methoxy groups -OCH3 is 2. The summed E-state index contributed by atoms with van der Waals surface area (Å²) in [6.07, 6.45) is -0.201. The zero-order valence-corrected chi connectivity index (χ0v) is 17.5. The Hall–Kier alpha value is -3.20. The number of carbonyl (C=O) groups is 2. The molecule has 1 aromatic carbocycles. The average Bonchev–Trinajstić information content (AvgIpc) is 3.04. The van der Waals surface area contributed by atoms with Crippen LogP contribution in [0.4, 0.5) is 5.13 Å². The highest BCUT2D eigenvalue weighted by Crippen LogP contribution is 2.34. The standard InChI is InChI=1S/C20H20N2O6S/c1-9-13(8-16(24)22-20-21-10(2)18(29-20)11(3)23)19(25)28-15-7-12(26-4)6-14(27-5)17(9)15/h6-7H,8H2,1-5H3,(H,21,22,24). The Labute approximate surface area is 170 Å². The van der Waals surface area contributed by atoms with E-state index in [2.05, 4.69) is 10.3 Å². The molecule has 0 atom stereocenters.